The van der Waals surface area contributed by atoms with Gasteiger partial charge >= 0.3 is 6.03 Å². The number of carboxylic acid groups (broad SMARTS) is 1. The van der Waals surface area contributed by atoms with Crippen LogP contribution in [0.2, 0.25) is 0 Å². The molecule has 0 aromatic heterocycles. The Bertz CT molecular complexity index is 791. The van der Waals surface area contributed by atoms with Crippen LogP contribution in [-0.2, 0) is 19.1 Å². The van der Waals surface area contributed by atoms with Gasteiger partial charge in [-0.3, -0.25) is 4.79 Å². The van der Waals surface area contributed by atoms with Gasteiger partial charge in [0.05, 0.1) is 12.1 Å². The summed E-state index contributed by atoms with van der Waals surface area (Å²) in [4.78, 5) is 40.8. The van der Waals surface area contributed by atoms with E-state index in [-0.39, 0.29) is 18.5 Å². The van der Waals surface area contributed by atoms with E-state index in [0.29, 0.717) is 19.4 Å². The van der Waals surface area contributed by atoms with E-state index >= 15 is 0 Å². The number of nitrogens with one attached hydrogen (secondary N) is 1. The molecule has 3 N–H and O–H groups in total. The molecule has 2 aliphatic rings. The maximum Gasteiger partial charge on any atom is 0.315 e. The third-order valence-electron chi connectivity index (χ3n) is 8.20. The smallest absolute Gasteiger partial charge is 0.315 e. The van der Waals surface area contributed by atoms with Crippen LogP contribution in [0.3, 0.4) is 0 Å². The van der Waals surface area contributed by atoms with Gasteiger partial charge in [0, 0.05) is 29.9 Å². The van der Waals surface area contributed by atoms with Crippen LogP contribution in [0.5, 0.6) is 0 Å². The highest BCUT2D eigenvalue weighted by Gasteiger charge is 2.51. The number of amides is 3. The summed E-state index contributed by atoms with van der Waals surface area (Å²) in [6.45, 7) is 13.6. The molecule has 214 valence electrons. The van der Waals surface area contributed by atoms with Crippen LogP contribution >= 0.6 is 0 Å². The van der Waals surface area contributed by atoms with Gasteiger partial charge in [-0.1, -0.05) is 73.1 Å². The predicted octanol–water partition coefficient (Wildman–Crippen LogP) is 3.33. The number of carbonyl (C=O) groups is 3. The molecule has 1 saturated carbocycles. The van der Waals surface area contributed by atoms with Crippen LogP contribution in [0, 0.1) is 17.3 Å². The number of hydrogen-bond donors (Lipinski definition) is 2. The Balaban J connectivity index is 2.39. The summed E-state index contributed by atoms with van der Waals surface area (Å²) in [6.07, 6.45) is 6.48. The molecule has 1 aliphatic carbocycles. The Kier molecular flexibility index (Phi) is 10.8. The summed E-state index contributed by atoms with van der Waals surface area (Å²) < 4.78 is 11.7. The predicted molar refractivity (Wildman–Crippen MR) is 140 cm³/mol. The Labute approximate surface area is 223 Å². The van der Waals surface area contributed by atoms with E-state index in [9.17, 15) is 19.5 Å². The number of ether oxygens (including phenoxy) is 2. The van der Waals surface area contributed by atoms with Gasteiger partial charge in [-0.2, -0.15) is 0 Å². The summed E-state index contributed by atoms with van der Waals surface area (Å²) in [7, 11) is 0. The number of urea groups is 1. The first kappa shape index (κ1) is 31.3. The first-order valence-electron chi connectivity index (χ1n) is 14.1. The summed E-state index contributed by atoms with van der Waals surface area (Å²) >= 11 is 0. The van der Waals surface area contributed by atoms with Crippen LogP contribution in [0.4, 0.5) is 4.79 Å². The van der Waals surface area contributed by atoms with Gasteiger partial charge in [0.15, 0.2) is 5.79 Å². The van der Waals surface area contributed by atoms with Gasteiger partial charge in [0.1, 0.15) is 6.10 Å². The van der Waals surface area contributed by atoms with E-state index < -0.39 is 46.7 Å². The first-order chi connectivity index (χ1) is 17.2. The molecule has 1 heterocycles. The Morgan fingerprint density at radius 2 is 1.70 bits per heavy atom. The Morgan fingerprint density at radius 1 is 1.08 bits per heavy atom. The van der Waals surface area contributed by atoms with Crippen LogP contribution in [0.25, 0.3) is 0 Å². The fraction of sp³-hybridized carbons (Fsp3) is 0.893. The number of unbranched alkanes of at least 4 members (excludes halogenated alkanes) is 2. The lowest BCUT2D eigenvalue weighted by atomic mass is 9.69. The lowest BCUT2D eigenvalue weighted by molar-refractivity contribution is -0.316. The number of nitrogens with zero attached hydrogens (tertiary/aromatic N) is 1. The molecule has 3 atom stereocenters. The molecular formula is C28H50N3O6-. The average Bonchev–Trinajstić information content (AvgIpc) is 2.80. The fourth-order valence-electron chi connectivity index (χ4n) is 6.11. The molecule has 3 unspecified atom stereocenters. The summed E-state index contributed by atoms with van der Waals surface area (Å²) in [5.74, 6) is -3.61. The molecule has 0 spiro atoms. The zero-order chi connectivity index (χ0) is 28.0. The Hall–Kier alpha value is -1.87. The molecule has 1 aliphatic heterocycles. The van der Waals surface area contributed by atoms with Crippen molar-refractivity contribution >= 4 is 17.9 Å². The molecule has 0 aromatic rings. The molecule has 2 fully saturated rings. The third-order valence-corrected chi connectivity index (χ3v) is 8.20. The van der Waals surface area contributed by atoms with Crippen LogP contribution in [0.15, 0.2) is 0 Å². The number of hydrogen-bond acceptors (Lipinski definition) is 6. The monoisotopic (exact) mass is 524 g/mol. The van der Waals surface area contributed by atoms with E-state index in [1.54, 1.807) is 18.7 Å². The third kappa shape index (κ3) is 7.59. The maximum absolute atomic E-state index is 13.3. The minimum absolute atomic E-state index is 0.0961. The highest BCUT2D eigenvalue weighted by atomic mass is 16.7. The summed E-state index contributed by atoms with van der Waals surface area (Å²) in [5, 5.41) is 15.6. The van der Waals surface area contributed by atoms with Crippen molar-refractivity contribution in [3.05, 3.63) is 0 Å². The number of rotatable bonds is 12. The second kappa shape index (κ2) is 12.8. The number of aliphatic carboxylic acids is 1. The van der Waals surface area contributed by atoms with E-state index in [0.717, 1.165) is 44.9 Å². The minimum Gasteiger partial charge on any atom is -0.550 e. The zero-order valence-electron chi connectivity index (χ0n) is 24.1. The quantitative estimate of drug-likeness (QED) is 0.376. The number of primary amides is 1. The first-order valence-corrected chi connectivity index (χ1v) is 14.1. The van der Waals surface area contributed by atoms with Crippen molar-refractivity contribution in [3.8, 4) is 0 Å². The average molecular weight is 525 g/mol. The molecule has 0 aromatic carbocycles. The number of carbonyl (C=O) groups excluding carboxylic acids is 3. The zero-order valence-corrected chi connectivity index (χ0v) is 24.1. The molecule has 3 amide bonds. The highest BCUT2D eigenvalue weighted by molar-refractivity contribution is 5.83. The van der Waals surface area contributed by atoms with Crippen molar-refractivity contribution in [2.24, 2.45) is 23.0 Å². The fourth-order valence-corrected chi connectivity index (χ4v) is 6.11. The summed E-state index contributed by atoms with van der Waals surface area (Å²) in [5.41, 5.74) is 4.40. The lowest BCUT2D eigenvalue weighted by Crippen LogP contribution is -2.68. The topological polar surface area (TPSA) is 134 Å². The van der Waals surface area contributed by atoms with Crippen molar-refractivity contribution in [2.75, 3.05) is 13.2 Å². The second-order valence-electron chi connectivity index (χ2n) is 12.5. The van der Waals surface area contributed by atoms with Crippen molar-refractivity contribution in [2.45, 2.75) is 130 Å². The van der Waals surface area contributed by atoms with Gasteiger partial charge in [0.2, 0.25) is 5.91 Å². The van der Waals surface area contributed by atoms with Gasteiger partial charge < -0.3 is 35.3 Å². The SMILES string of the molecule is CCCCCC(C(C)C)N(C(N)=O)C1(C(CNC(=O)C2OC(C)(C)OCC2(C)C)C(=O)[O-])CCCCC1. The van der Waals surface area contributed by atoms with Gasteiger partial charge in [-0.25, -0.2) is 4.79 Å². The molecular weight excluding hydrogens is 474 g/mol. The van der Waals surface area contributed by atoms with Gasteiger partial charge in [-0.05, 0) is 39.0 Å². The van der Waals surface area contributed by atoms with Crippen LogP contribution in [0.1, 0.15) is 106 Å². The van der Waals surface area contributed by atoms with E-state index in [4.69, 9.17) is 15.2 Å². The van der Waals surface area contributed by atoms with Crippen LogP contribution in [-0.4, -0.2) is 59.4 Å². The largest absolute Gasteiger partial charge is 0.550 e. The Morgan fingerprint density at radius 3 is 2.22 bits per heavy atom. The normalized spacial score (nSPS) is 24.2. The van der Waals surface area contributed by atoms with Gasteiger partial charge in [-0.15, -0.1) is 0 Å². The summed E-state index contributed by atoms with van der Waals surface area (Å²) in [6, 6.07) is -0.802. The van der Waals surface area contributed by atoms with Crippen molar-refractivity contribution in [1.29, 1.82) is 0 Å². The minimum atomic E-state index is -1.28. The molecule has 1 saturated heterocycles. The lowest BCUT2D eigenvalue weighted by Gasteiger charge is -2.54. The highest BCUT2D eigenvalue weighted by Crippen LogP contribution is 2.43. The van der Waals surface area contributed by atoms with Crippen molar-refractivity contribution < 1.29 is 29.0 Å². The molecule has 9 nitrogen and oxygen atoms in total. The maximum atomic E-state index is 13.3. The van der Waals surface area contributed by atoms with E-state index in [2.05, 4.69) is 12.2 Å². The molecule has 9 heteroatoms. The van der Waals surface area contributed by atoms with E-state index in [1.165, 1.54) is 0 Å². The van der Waals surface area contributed by atoms with Crippen LogP contribution < -0.4 is 16.2 Å². The molecule has 2 rings (SSSR count). The number of carboxylic acids is 1. The molecule has 0 radical (unpaired) electrons. The molecule has 37 heavy (non-hydrogen) atoms. The molecule has 0 bridgehead atoms. The standard InChI is InChI=1S/C28H51N3O6/c1-8-9-11-14-21(19(2)3)31(25(29)35)28(15-12-10-13-16-28)20(24(33)34)17-30-23(32)22-26(4,5)18-36-27(6,7)37-22/h19-22H,8-18H2,1-7H3,(H2,29,35)(H,30,32)(H,33,34)/p-1. The van der Waals surface area contributed by atoms with Crippen molar-refractivity contribution in [1.82, 2.24) is 10.2 Å². The van der Waals surface area contributed by atoms with E-state index in [1.807, 2.05) is 27.7 Å². The van der Waals surface area contributed by atoms with Gasteiger partial charge in [0.25, 0.3) is 0 Å². The second-order valence-corrected chi connectivity index (χ2v) is 12.5. The van der Waals surface area contributed by atoms with Crippen molar-refractivity contribution in [3.63, 3.8) is 0 Å². The number of nitrogens with two attached hydrogens (primary N) is 1.